The van der Waals surface area contributed by atoms with Crippen LogP contribution < -0.4 is 48.2 Å². The SMILES string of the molecule is C1CCC([P-]C2CCCCC2)CC1.[Br-].[Cl-].[Li+].[Mg+2]. The van der Waals surface area contributed by atoms with E-state index >= 15 is 0 Å². The molecular weight excluding hydrogens is 322 g/mol. The Kier molecular flexibility index (Phi) is 21.6. The van der Waals surface area contributed by atoms with E-state index < -0.39 is 0 Å². The maximum Gasteiger partial charge on any atom is 2.00 e. The Morgan fingerprint density at radius 2 is 0.941 bits per heavy atom. The number of hydrogen-bond acceptors (Lipinski definition) is 0. The van der Waals surface area contributed by atoms with Crippen LogP contribution in [0.2, 0.25) is 0 Å². The minimum Gasteiger partial charge on any atom is -1.00 e. The summed E-state index contributed by atoms with van der Waals surface area (Å²) in [4.78, 5) is 0. The summed E-state index contributed by atoms with van der Waals surface area (Å²) in [5, 5.41) is 0. The summed E-state index contributed by atoms with van der Waals surface area (Å²) in [6, 6.07) is 0. The molecule has 92 valence electrons. The fourth-order valence-electron chi connectivity index (χ4n) is 2.76. The van der Waals surface area contributed by atoms with Crippen molar-refractivity contribution >= 4 is 31.6 Å². The molecule has 2 aliphatic carbocycles. The summed E-state index contributed by atoms with van der Waals surface area (Å²) >= 11 is 0. The molecule has 2 fully saturated rings. The standard InChI is InChI=1S/C12H22P.BrH.ClH.Li.Mg/c1-3-7-11(8-4-1)13-12-9-5-2-6-10-12;;;;/h11-12H,1-10H2;2*1H;;/q-1;;;+1;+2/p-2. The fraction of sp³-hybridized carbons (Fsp3) is 1.00. The molecule has 0 saturated heterocycles. The van der Waals surface area contributed by atoms with E-state index in [0.29, 0.717) is 0 Å². The first-order chi connectivity index (χ1) is 6.45. The van der Waals surface area contributed by atoms with Crippen LogP contribution in [-0.2, 0) is 0 Å². The quantitative estimate of drug-likeness (QED) is 0.349. The molecule has 0 aliphatic heterocycles. The summed E-state index contributed by atoms with van der Waals surface area (Å²) in [5.41, 5.74) is 2.19. The predicted octanol–water partition coefficient (Wildman–Crippen LogP) is -4.77. The van der Waals surface area contributed by atoms with Crippen molar-refractivity contribution in [2.75, 3.05) is 0 Å². The molecule has 0 aromatic heterocycles. The molecule has 17 heavy (non-hydrogen) atoms. The molecule has 2 aliphatic rings. The second-order valence-corrected chi connectivity index (χ2v) is 6.49. The molecule has 0 aromatic carbocycles. The van der Waals surface area contributed by atoms with Gasteiger partial charge in [0.05, 0.1) is 0 Å². The Bertz CT molecular complexity index is 137. The Morgan fingerprint density at radius 3 is 1.24 bits per heavy atom. The van der Waals surface area contributed by atoms with Gasteiger partial charge in [0.25, 0.3) is 0 Å². The molecule has 0 nitrogen and oxygen atoms in total. The van der Waals surface area contributed by atoms with Gasteiger partial charge in [-0.05, 0) is 0 Å². The van der Waals surface area contributed by atoms with Gasteiger partial charge in [-0.15, -0.1) is 0 Å². The van der Waals surface area contributed by atoms with Crippen molar-refractivity contribution in [1.82, 2.24) is 0 Å². The Hall–Kier alpha value is 2.56. The van der Waals surface area contributed by atoms with Gasteiger partial charge in [-0.2, -0.15) is 11.3 Å². The average molecular weight is 344 g/mol. The zero-order valence-corrected chi connectivity index (χ0v) is 15.8. The zero-order valence-electron chi connectivity index (χ0n) is 11.1. The van der Waals surface area contributed by atoms with Crippen LogP contribution in [0.3, 0.4) is 0 Å². The maximum atomic E-state index is 1.84. The third-order valence-corrected chi connectivity index (χ3v) is 5.45. The molecule has 0 aromatic rings. The Balaban J connectivity index is -0.000000490. The zero-order chi connectivity index (χ0) is 8.93. The van der Waals surface area contributed by atoms with Crippen LogP contribution in [0.1, 0.15) is 64.2 Å². The van der Waals surface area contributed by atoms with Crippen molar-refractivity contribution < 1.29 is 48.2 Å². The minimum absolute atomic E-state index is 0. The average Bonchev–Trinajstić information content (AvgIpc) is 2.21. The van der Waals surface area contributed by atoms with Crippen LogP contribution in [0.4, 0.5) is 0 Å². The Morgan fingerprint density at radius 1 is 0.647 bits per heavy atom. The van der Waals surface area contributed by atoms with Crippen molar-refractivity contribution in [3.8, 4) is 0 Å². The molecule has 0 unspecified atom stereocenters. The van der Waals surface area contributed by atoms with E-state index in [9.17, 15) is 0 Å². The Labute approximate surface area is 154 Å². The first-order valence-electron chi connectivity index (χ1n) is 6.15. The molecule has 5 heteroatoms. The summed E-state index contributed by atoms with van der Waals surface area (Å²) in [7, 11) is 1.84. The second kappa shape index (κ2) is 15.0. The van der Waals surface area contributed by atoms with Crippen LogP contribution in [0.5, 0.6) is 0 Å². The smallest absolute Gasteiger partial charge is 1.00 e. The van der Waals surface area contributed by atoms with Gasteiger partial charge < -0.3 is 38.0 Å². The minimum atomic E-state index is 0. The van der Waals surface area contributed by atoms with E-state index in [1.807, 2.05) is 8.58 Å². The summed E-state index contributed by atoms with van der Waals surface area (Å²) in [6.07, 6.45) is 15.3. The molecule has 0 heterocycles. The third-order valence-electron chi connectivity index (χ3n) is 3.57. The van der Waals surface area contributed by atoms with Gasteiger partial charge in [0, 0.05) is 0 Å². The molecule has 0 bridgehead atoms. The molecule has 0 radical (unpaired) electrons. The van der Waals surface area contributed by atoms with Gasteiger partial charge in [-0.3, -0.25) is 0 Å². The van der Waals surface area contributed by atoms with E-state index in [4.69, 9.17) is 0 Å². The van der Waals surface area contributed by atoms with Crippen molar-refractivity contribution in [2.45, 2.75) is 75.5 Å². The number of halogens is 2. The van der Waals surface area contributed by atoms with Crippen LogP contribution in [0.25, 0.3) is 0 Å². The first kappa shape index (κ1) is 24.6. The van der Waals surface area contributed by atoms with Crippen LogP contribution in [0.15, 0.2) is 0 Å². The summed E-state index contributed by atoms with van der Waals surface area (Å²) < 4.78 is 0. The van der Waals surface area contributed by atoms with E-state index in [1.165, 1.54) is 64.2 Å². The topological polar surface area (TPSA) is 0 Å². The second-order valence-electron chi connectivity index (χ2n) is 4.73. The van der Waals surface area contributed by atoms with Gasteiger partial charge in [0.15, 0.2) is 0 Å². The van der Waals surface area contributed by atoms with Crippen molar-refractivity contribution in [3.05, 3.63) is 0 Å². The van der Waals surface area contributed by atoms with Crippen LogP contribution in [0, 0.1) is 0 Å². The maximum absolute atomic E-state index is 1.84. The number of hydrogen-bond donors (Lipinski definition) is 0. The third kappa shape index (κ3) is 10.0. The van der Waals surface area contributed by atoms with Crippen LogP contribution in [-0.4, -0.2) is 34.4 Å². The van der Waals surface area contributed by atoms with E-state index in [2.05, 4.69) is 0 Å². The number of rotatable bonds is 2. The molecule has 0 atom stereocenters. The van der Waals surface area contributed by atoms with Crippen molar-refractivity contribution in [2.24, 2.45) is 0 Å². The molecular formula is C12H22BrClLiMgP. The monoisotopic (exact) mass is 342 g/mol. The largest absolute Gasteiger partial charge is 2.00 e. The van der Waals surface area contributed by atoms with Crippen molar-refractivity contribution in [1.29, 1.82) is 0 Å². The molecule has 0 N–H and O–H groups in total. The van der Waals surface area contributed by atoms with Crippen LogP contribution >= 0.6 is 8.58 Å². The fourth-order valence-corrected chi connectivity index (χ4v) is 4.68. The predicted molar refractivity (Wildman–Crippen MR) is 66.4 cm³/mol. The van der Waals surface area contributed by atoms with E-state index in [-0.39, 0.29) is 71.3 Å². The molecule has 2 saturated carbocycles. The molecule has 0 amide bonds. The first-order valence-corrected chi connectivity index (χ1v) is 7.18. The van der Waals surface area contributed by atoms with E-state index in [0.717, 1.165) is 11.3 Å². The summed E-state index contributed by atoms with van der Waals surface area (Å²) in [6.45, 7) is 0. The van der Waals surface area contributed by atoms with Gasteiger partial charge in [0.2, 0.25) is 0 Å². The van der Waals surface area contributed by atoms with Gasteiger partial charge in [0.1, 0.15) is 0 Å². The molecule has 2 rings (SSSR count). The summed E-state index contributed by atoms with van der Waals surface area (Å²) in [5.74, 6) is 0. The normalized spacial score (nSPS) is 21.2. The van der Waals surface area contributed by atoms with Crippen molar-refractivity contribution in [3.63, 3.8) is 0 Å². The van der Waals surface area contributed by atoms with Gasteiger partial charge in [-0.1, -0.05) is 64.2 Å². The van der Waals surface area contributed by atoms with E-state index in [1.54, 1.807) is 0 Å². The van der Waals surface area contributed by atoms with Gasteiger partial charge in [-0.25, -0.2) is 0 Å². The molecule has 0 spiro atoms. The van der Waals surface area contributed by atoms with Gasteiger partial charge >= 0.3 is 41.9 Å².